The highest BCUT2D eigenvalue weighted by molar-refractivity contribution is 5.98. The third-order valence-electron chi connectivity index (χ3n) is 5.47. The van der Waals surface area contributed by atoms with Crippen LogP contribution in [0.1, 0.15) is 59.3 Å². The molecule has 2 aromatic rings. The summed E-state index contributed by atoms with van der Waals surface area (Å²) < 4.78 is 5.13. The van der Waals surface area contributed by atoms with Gasteiger partial charge in [-0.25, -0.2) is 4.79 Å². The van der Waals surface area contributed by atoms with E-state index in [1.165, 1.54) is 18.5 Å². The molecule has 2 aliphatic rings. The summed E-state index contributed by atoms with van der Waals surface area (Å²) in [7, 11) is 0. The molecule has 0 aliphatic carbocycles. The van der Waals surface area contributed by atoms with Crippen molar-refractivity contribution < 1.29 is 14.3 Å². The highest BCUT2D eigenvalue weighted by atomic mass is 16.5. The summed E-state index contributed by atoms with van der Waals surface area (Å²) >= 11 is 0. The number of esters is 1. The largest absolute Gasteiger partial charge is 0.461 e. The number of anilines is 2. The molecule has 1 aromatic heterocycles. The average Bonchev–Trinajstić information content (AvgIpc) is 3.34. The lowest BCUT2D eigenvalue weighted by Gasteiger charge is -2.30. The van der Waals surface area contributed by atoms with E-state index in [4.69, 9.17) is 4.74 Å². The van der Waals surface area contributed by atoms with Crippen LogP contribution in [0.5, 0.6) is 0 Å². The van der Waals surface area contributed by atoms with Crippen molar-refractivity contribution in [3.63, 3.8) is 0 Å². The summed E-state index contributed by atoms with van der Waals surface area (Å²) in [4.78, 5) is 27.1. The summed E-state index contributed by atoms with van der Waals surface area (Å²) in [6.45, 7) is 6.20. The monoisotopic (exact) mass is 368 g/mol. The summed E-state index contributed by atoms with van der Waals surface area (Å²) in [5.41, 5.74) is 5.15. The van der Waals surface area contributed by atoms with Crippen molar-refractivity contribution >= 4 is 23.3 Å². The smallest absolute Gasteiger partial charge is 0.356 e. The van der Waals surface area contributed by atoms with E-state index in [9.17, 15) is 9.59 Å². The van der Waals surface area contributed by atoms with E-state index in [0.717, 1.165) is 29.9 Å². The number of amides is 1. The summed E-state index contributed by atoms with van der Waals surface area (Å²) in [6, 6.07) is 4.20. The Hall–Kier alpha value is -2.83. The Morgan fingerprint density at radius 3 is 2.81 bits per heavy atom. The van der Waals surface area contributed by atoms with Gasteiger partial charge in [0.15, 0.2) is 0 Å². The molecule has 7 heteroatoms. The number of nitrogens with one attached hydrogen (secondary N) is 2. The van der Waals surface area contributed by atoms with E-state index in [-0.39, 0.29) is 24.9 Å². The van der Waals surface area contributed by atoms with Gasteiger partial charge in [0.05, 0.1) is 12.8 Å². The zero-order valence-corrected chi connectivity index (χ0v) is 15.7. The van der Waals surface area contributed by atoms with Crippen molar-refractivity contribution in [3.05, 3.63) is 40.7 Å². The van der Waals surface area contributed by atoms with Crippen molar-refractivity contribution in [2.45, 2.75) is 39.0 Å². The molecule has 1 aromatic carbocycles. The second-order valence-electron chi connectivity index (χ2n) is 7.09. The number of carbonyl (C=O) groups is 2. The molecule has 142 valence electrons. The molecule has 1 saturated heterocycles. The Morgan fingerprint density at radius 2 is 2.07 bits per heavy atom. The van der Waals surface area contributed by atoms with Gasteiger partial charge in [0.1, 0.15) is 5.69 Å². The second-order valence-corrected chi connectivity index (χ2v) is 7.09. The molecule has 2 N–H and O–H groups in total. The Balaban J connectivity index is 1.76. The van der Waals surface area contributed by atoms with Gasteiger partial charge in [-0.2, -0.15) is 5.10 Å². The van der Waals surface area contributed by atoms with Gasteiger partial charge in [0.25, 0.3) is 0 Å². The van der Waals surface area contributed by atoms with Crippen molar-refractivity contribution in [1.29, 1.82) is 0 Å². The fraction of sp³-hybridized carbons (Fsp3) is 0.450. The van der Waals surface area contributed by atoms with Crippen molar-refractivity contribution in [1.82, 2.24) is 10.2 Å². The number of aromatic nitrogens is 2. The second kappa shape index (κ2) is 7.06. The average molecular weight is 368 g/mol. The number of rotatable bonds is 4. The van der Waals surface area contributed by atoms with Crippen LogP contribution in [0.4, 0.5) is 11.4 Å². The van der Waals surface area contributed by atoms with Crippen LogP contribution in [-0.2, 0) is 9.53 Å². The van der Waals surface area contributed by atoms with Gasteiger partial charge in [-0.15, -0.1) is 0 Å². The van der Waals surface area contributed by atoms with E-state index >= 15 is 0 Å². The molecular formula is C20H24N4O3. The SMILES string of the molecule is CCOC(=O)c1[nH]ncc1[C@H]1CC(=O)Nc2c1ccc(N1CCCC1)c2C. The Labute approximate surface area is 158 Å². The Bertz CT molecular complexity index is 883. The predicted octanol–water partition coefficient (Wildman–Crippen LogP) is 2.97. The minimum absolute atomic E-state index is 0.0508. The van der Waals surface area contributed by atoms with Gasteiger partial charge < -0.3 is 15.0 Å². The van der Waals surface area contributed by atoms with Gasteiger partial charge in [-0.3, -0.25) is 9.89 Å². The first-order valence-electron chi connectivity index (χ1n) is 9.48. The van der Waals surface area contributed by atoms with Crippen LogP contribution in [0.3, 0.4) is 0 Å². The molecule has 7 nitrogen and oxygen atoms in total. The molecular weight excluding hydrogens is 344 g/mol. The molecule has 4 rings (SSSR count). The van der Waals surface area contributed by atoms with Crippen LogP contribution in [0.15, 0.2) is 18.3 Å². The number of hydrogen-bond donors (Lipinski definition) is 2. The van der Waals surface area contributed by atoms with Crippen LogP contribution in [0.25, 0.3) is 0 Å². The number of carbonyl (C=O) groups excluding carboxylic acids is 2. The van der Waals surface area contributed by atoms with Crippen LogP contribution in [-0.4, -0.2) is 41.8 Å². The summed E-state index contributed by atoms with van der Waals surface area (Å²) in [5, 5.41) is 9.82. The fourth-order valence-electron chi connectivity index (χ4n) is 4.17. The lowest BCUT2D eigenvalue weighted by molar-refractivity contribution is -0.116. The Morgan fingerprint density at radius 1 is 1.30 bits per heavy atom. The lowest BCUT2D eigenvalue weighted by atomic mass is 9.83. The predicted molar refractivity (Wildman–Crippen MR) is 102 cm³/mol. The first kappa shape index (κ1) is 17.6. The third kappa shape index (κ3) is 3.07. The summed E-state index contributed by atoms with van der Waals surface area (Å²) in [5.74, 6) is -0.716. The molecule has 1 atom stereocenters. The first-order valence-corrected chi connectivity index (χ1v) is 9.48. The van der Waals surface area contributed by atoms with Crippen molar-refractivity contribution in [2.75, 3.05) is 29.9 Å². The zero-order valence-electron chi connectivity index (χ0n) is 15.7. The highest BCUT2D eigenvalue weighted by Gasteiger charge is 2.33. The minimum atomic E-state index is -0.442. The van der Waals surface area contributed by atoms with Gasteiger partial charge in [-0.1, -0.05) is 6.07 Å². The maximum absolute atomic E-state index is 12.5. The van der Waals surface area contributed by atoms with Crippen LogP contribution in [0.2, 0.25) is 0 Å². The van der Waals surface area contributed by atoms with Gasteiger partial charge in [0, 0.05) is 42.4 Å². The number of aromatic amines is 1. The molecule has 3 heterocycles. The maximum atomic E-state index is 12.5. The van der Waals surface area contributed by atoms with E-state index in [1.807, 2.05) is 0 Å². The van der Waals surface area contributed by atoms with Gasteiger partial charge >= 0.3 is 5.97 Å². The topological polar surface area (TPSA) is 87.3 Å². The number of ether oxygens (including phenoxy) is 1. The zero-order chi connectivity index (χ0) is 19.0. The normalized spacial score (nSPS) is 19.0. The molecule has 27 heavy (non-hydrogen) atoms. The minimum Gasteiger partial charge on any atom is -0.461 e. The number of H-pyrrole nitrogens is 1. The van der Waals surface area contributed by atoms with Crippen molar-refractivity contribution in [2.24, 2.45) is 0 Å². The Kier molecular flexibility index (Phi) is 4.59. The number of hydrogen-bond acceptors (Lipinski definition) is 5. The van der Waals surface area contributed by atoms with E-state index < -0.39 is 5.97 Å². The van der Waals surface area contributed by atoms with E-state index in [1.54, 1.807) is 13.1 Å². The molecule has 1 amide bonds. The van der Waals surface area contributed by atoms with Crippen LogP contribution >= 0.6 is 0 Å². The van der Waals surface area contributed by atoms with E-state index in [2.05, 4.69) is 39.5 Å². The molecule has 2 aliphatic heterocycles. The highest BCUT2D eigenvalue weighted by Crippen LogP contribution is 2.42. The summed E-state index contributed by atoms with van der Waals surface area (Å²) in [6.07, 6.45) is 4.30. The lowest BCUT2D eigenvalue weighted by Crippen LogP contribution is -2.27. The van der Waals surface area contributed by atoms with Gasteiger partial charge in [0.2, 0.25) is 5.91 Å². The number of fused-ring (bicyclic) bond motifs is 1. The number of nitrogens with zero attached hydrogens (tertiary/aromatic N) is 2. The van der Waals surface area contributed by atoms with Crippen LogP contribution in [0, 0.1) is 6.92 Å². The number of benzene rings is 1. The molecule has 0 saturated carbocycles. The van der Waals surface area contributed by atoms with E-state index in [0.29, 0.717) is 11.3 Å². The fourth-order valence-corrected chi connectivity index (χ4v) is 4.17. The molecule has 1 fully saturated rings. The molecule has 0 radical (unpaired) electrons. The van der Waals surface area contributed by atoms with Gasteiger partial charge in [-0.05, 0) is 43.9 Å². The van der Waals surface area contributed by atoms with Crippen LogP contribution < -0.4 is 10.2 Å². The molecule has 0 bridgehead atoms. The third-order valence-corrected chi connectivity index (χ3v) is 5.47. The molecule has 0 unspecified atom stereocenters. The quantitative estimate of drug-likeness (QED) is 0.810. The van der Waals surface area contributed by atoms with Crippen molar-refractivity contribution in [3.8, 4) is 0 Å². The molecule has 0 spiro atoms. The first-order chi connectivity index (χ1) is 13.1. The standard InChI is InChI=1S/C20H24N4O3/c1-3-27-20(26)19-15(11-21-23-19)14-10-17(25)22-18-12(2)16(7-6-13(14)18)24-8-4-5-9-24/h6-7,11,14H,3-5,8-10H2,1-2H3,(H,21,23)(H,22,25)/t14-/m0/s1. The maximum Gasteiger partial charge on any atom is 0.356 e.